The Labute approximate surface area is 162 Å². The lowest BCUT2D eigenvalue weighted by Crippen LogP contribution is -2.41. The smallest absolute Gasteiger partial charge is 0.250 e. The van der Waals surface area contributed by atoms with Crippen molar-refractivity contribution in [3.8, 4) is 6.07 Å². The molecule has 27 heavy (non-hydrogen) atoms. The first-order chi connectivity index (χ1) is 13.1. The van der Waals surface area contributed by atoms with Gasteiger partial charge in [-0.05, 0) is 31.9 Å². The van der Waals surface area contributed by atoms with Gasteiger partial charge in [0.15, 0.2) is 0 Å². The molecule has 2 saturated heterocycles. The summed E-state index contributed by atoms with van der Waals surface area (Å²) in [5.74, 6) is -0.139. The first-order valence-electron chi connectivity index (χ1n) is 9.31. The van der Waals surface area contributed by atoms with E-state index in [4.69, 9.17) is 5.73 Å². The van der Waals surface area contributed by atoms with Gasteiger partial charge in [-0.2, -0.15) is 5.26 Å². The molecule has 7 heteroatoms. The third kappa shape index (κ3) is 3.31. The normalized spacial score (nSPS) is 23.0. The Hall–Kier alpha value is -2.43. The van der Waals surface area contributed by atoms with Crippen LogP contribution in [0.3, 0.4) is 0 Å². The minimum Gasteiger partial charge on any atom is -0.366 e. The molecule has 2 amide bonds. The number of likely N-dealkylation sites (tertiary alicyclic amines) is 2. The number of fused-ring (bicyclic) bond motifs is 1. The van der Waals surface area contributed by atoms with Gasteiger partial charge in [0.1, 0.15) is 6.04 Å². The van der Waals surface area contributed by atoms with E-state index in [1.54, 1.807) is 16.2 Å². The van der Waals surface area contributed by atoms with Crippen molar-refractivity contribution in [2.75, 3.05) is 26.2 Å². The lowest BCUT2D eigenvalue weighted by atomic mass is 10.0. The van der Waals surface area contributed by atoms with Gasteiger partial charge in [-0.25, -0.2) is 0 Å². The molecular weight excluding hydrogens is 360 g/mol. The zero-order chi connectivity index (χ0) is 19.0. The first-order valence-corrected chi connectivity index (χ1v) is 10.1. The van der Waals surface area contributed by atoms with Gasteiger partial charge < -0.3 is 10.6 Å². The zero-order valence-corrected chi connectivity index (χ0v) is 15.9. The van der Waals surface area contributed by atoms with Crippen LogP contribution in [0, 0.1) is 11.3 Å². The maximum Gasteiger partial charge on any atom is 0.250 e. The maximum atomic E-state index is 12.6. The summed E-state index contributed by atoms with van der Waals surface area (Å²) in [7, 11) is 0. The van der Waals surface area contributed by atoms with E-state index in [1.165, 1.54) is 0 Å². The summed E-state index contributed by atoms with van der Waals surface area (Å²) in [5, 5.41) is 10.1. The minimum atomic E-state index is -0.383. The van der Waals surface area contributed by atoms with E-state index in [2.05, 4.69) is 11.0 Å². The number of rotatable bonds is 4. The quantitative estimate of drug-likeness (QED) is 0.878. The Morgan fingerprint density at radius 1 is 1.26 bits per heavy atom. The number of hydrogen-bond acceptors (Lipinski definition) is 5. The molecule has 1 aromatic carbocycles. The van der Waals surface area contributed by atoms with E-state index in [9.17, 15) is 14.9 Å². The van der Waals surface area contributed by atoms with Crippen molar-refractivity contribution in [2.24, 2.45) is 5.73 Å². The molecule has 6 nitrogen and oxygen atoms in total. The molecular formula is C20H22N4O2S. The van der Waals surface area contributed by atoms with E-state index < -0.39 is 0 Å². The topological polar surface area (TPSA) is 90.4 Å². The molecule has 2 aliphatic rings. The van der Waals surface area contributed by atoms with Crippen LogP contribution in [0.15, 0.2) is 24.3 Å². The predicted molar refractivity (Wildman–Crippen MR) is 104 cm³/mol. The van der Waals surface area contributed by atoms with Crippen molar-refractivity contribution in [3.05, 3.63) is 34.7 Å². The van der Waals surface area contributed by atoms with Gasteiger partial charge >= 0.3 is 0 Å². The van der Waals surface area contributed by atoms with Crippen molar-refractivity contribution in [3.63, 3.8) is 0 Å². The monoisotopic (exact) mass is 382 g/mol. The lowest BCUT2D eigenvalue weighted by Gasteiger charge is -2.23. The fraction of sp³-hybridized carbons (Fsp3) is 0.450. The highest BCUT2D eigenvalue weighted by molar-refractivity contribution is 7.19. The SMILES string of the molecule is N#C[C@@H]1CCCN1C(=O)CN1CC[C@H](c2sc3ccccc3c2C(N)=O)C1. The third-order valence-corrected chi connectivity index (χ3v) is 6.93. The van der Waals surface area contributed by atoms with E-state index in [0.29, 0.717) is 18.7 Å². The van der Waals surface area contributed by atoms with Crippen molar-refractivity contribution in [2.45, 2.75) is 31.2 Å². The molecule has 0 spiro atoms. The van der Waals surface area contributed by atoms with Gasteiger partial charge in [-0.3, -0.25) is 14.5 Å². The number of hydrogen-bond donors (Lipinski definition) is 1. The summed E-state index contributed by atoms with van der Waals surface area (Å²) in [4.78, 5) is 29.6. The van der Waals surface area contributed by atoms with Crippen molar-refractivity contribution < 1.29 is 9.59 Å². The standard InChI is InChI=1S/C20H22N4O2S/c21-10-14-4-3-8-24(14)17(25)12-23-9-7-13(11-23)19-18(20(22)26)15-5-1-2-6-16(15)27-19/h1-2,5-6,13-14H,3-4,7-9,11-12H2,(H2,22,26)/t13-,14-/m0/s1. The molecule has 0 unspecified atom stereocenters. The van der Waals surface area contributed by atoms with Gasteiger partial charge in [0.05, 0.1) is 18.2 Å². The second kappa shape index (κ2) is 7.29. The molecule has 0 radical (unpaired) electrons. The molecule has 2 fully saturated rings. The Bertz CT molecular complexity index is 932. The lowest BCUT2D eigenvalue weighted by molar-refractivity contribution is -0.132. The van der Waals surface area contributed by atoms with Gasteiger partial charge in [0, 0.05) is 34.0 Å². The van der Waals surface area contributed by atoms with Crippen LogP contribution >= 0.6 is 11.3 Å². The van der Waals surface area contributed by atoms with E-state index in [1.807, 2.05) is 24.3 Å². The largest absolute Gasteiger partial charge is 0.366 e. The fourth-order valence-electron chi connectivity index (χ4n) is 4.28. The van der Waals surface area contributed by atoms with Crippen LogP contribution in [0.25, 0.3) is 10.1 Å². The molecule has 0 aliphatic carbocycles. The van der Waals surface area contributed by atoms with Crippen LogP contribution in [-0.2, 0) is 4.79 Å². The molecule has 2 atom stereocenters. The van der Waals surface area contributed by atoms with Crippen LogP contribution in [0.4, 0.5) is 0 Å². The number of carbonyl (C=O) groups is 2. The van der Waals surface area contributed by atoms with Gasteiger partial charge in [0.25, 0.3) is 0 Å². The second-order valence-corrected chi connectivity index (χ2v) is 8.38. The number of thiophene rings is 1. The molecule has 2 aliphatic heterocycles. The van der Waals surface area contributed by atoms with Crippen molar-refractivity contribution >= 4 is 33.2 Å². The van der Waals surface area contributed by atoms with Crippen molar-refractivity contribution in [1.29, 1.82) is 5.26 Å². The van der Waals surface area contributed by atoms with Crippen LogP contribution < -0.4 is 5.73 Å². The maximum absolute atomic E-state index is 12.6. The average Bonchev–Trinajstić information content (AvgIpc) is 3.38. The number of nitriles is 1. The van der Waals surface area contributed by atoms with Gasteiger partial charge in [-0.1, -0.05) is 18.2 Å². The van der Waals surface area contributed by atoms with Crippen molar-refractivity contribution in [1.82, 2.24) is 9.80 Å². The van der Waals surface area contributed by atoms with Crippen LogP contribution in [0.5, 0.6) is 0 Å². The van der Waals surface area contributed by atoms with E-state index >= 15 is 0 Å². The van der Waals surface area contributed by atoms with Gasteiger partial charge in [-0.15, -0.1) is 11.3 Å². The minimum absolute atomic E-state index is 0.0335. The summed E-state index contributed by atoms with van der Waals surface area (Å²) in [6, 6.07) is 9.80. The Balaban J connectivity index is 1.49. The number of nitrogens with zero attached hydrogens (tertiary/aromatic N) is 3. The van der Waals surface area contributed by atoms with E-state index in [-0.39, 0.29) is 23.8 Å². The van der Waals surface area contributed by atoms with Crippen LogP contribution in [0.1, 0.15) is 40.4 Å². The molecule has 0 bridgehead atoms. The summed E-state index contributed by atoms with van der Waals surface area (Å²) < 4.78 is 1.07. The number of amides is 2. The summed E-state index contributed by atoms with van der Waals surface area (Å²) >= 11 is 1.63. The highest BCUT2D eigenvalue weighted by Crippen LogP contribution is 2.39. The fourth-order valence-corrected chi connectivity index (χ4v) is 5.61. The molecule has 1 aromatic heterocycles. The molecule has 2 N–H and O–H groups in total. The summed E-state index contributed by atoms with van der Waals surface area (Å²) in [6.07, 6.45) is 2.58. The van der Waals surface area contributed by atoms with Crippen LogP contribution in [0.2, 0.25) is 0 Å². The number of carbonyl (C=O) groups excluding carboxylic acids is 2. The van der Waals surface area contributed by atoms with Crippen LogP contribution in [-0.4, -0.2) is 53.8 Å². The number of benzene rings is 1. The molecule has 140 valence electrons. The molecule has 4 rings (SSSR count). The molecule has 3 heterocycles. The van der Waals surface area contributed by atoms with Gasteiger partial charge in [0.2, 0.25) is 11.8 Å². The second-order valence-electron chi connectivity index (χ2n) is 7.30. The third-order valence-electron chi connectivity index (χ3n) is 5.59. The first kappa shape index (κ1) is 18.0. The Morgan fingerprint density at radius 2 is 2.07 bits per heavy atom. The Morgan fingerprint density at radius 3 is 2.85 bits per heavy atom. The predicted octanol–water partition coefficient (Wildman–Crippen LogP) is 2.30. The average molecular weight is 382 g/mol. The summed E-state index contributed by atoms with van der Waals surface area (Å²) in [5.41, 5.74) is 6.32. The Kier molecular flexibility index (Phi) is 4.85. The summed E-state index contributed by atoms with van der Waals surface area (Å²) in [6.45, 7) is 2.57. The highest BCUT2D eigenvalue weighted by Gasteiger charge is 2.33. The molecule has 2 aromatic rings. The highest BCUT2D eigenvalue weighted by atomic mass is 32.1. The number of primary amides is 1. The zero-order valence-electron chi connectivity index (χ0n) is 15.1. The molecule has 0 saturated carbocycles. The van der Waals surface area contributed by atoms with E-state index in [0.717, 1.165) is 47.3 Å². The number of nitrogens with two attached hydrogens (primary N) is 1.